The number of amides is 2. The Balaban J connectivity index is 1.27. The van der Waals surface area contributed by atoms with Gasteiger partial charge in [0.1, 0.15) is 0 Å². The number of ether oxygens (including phenoxy) is 2. The first kappa shape index (κ1) is 34.2. The Bertz CT molecular complexity index is 1630. The molecule has 0 aromatic heterocycles. The van der Waals surface area contributed by atoms with E-state index in [0.29, 0.717) is 44.3 Å². The molecule has 1 fully saturated rings. The maximum Gasteiger partial charge on any atom is 0.243 e. The summed E-state index contributed by atoms with van der Waals surface area (Å²) in [6.45, 7) is 2.89. The predicted molar refractivity (Wildman–Crippen MR) is 182 cm³/mol. The molecule has 5 rings (SSSR count). The molecule has 1 aliphatic rings. The number of aliphatic hydroxyl groups is 1. The Morgan fingerprint density at radius 3 is 2.34 bits per heavy atom. The Labute approximate surface area is 276 Å². The van der Waals surface area contributed by atoms with E-state index in [1.165, 1.54) is 16.3 Å². The zero-order valence-corrected chi connectivity index (χ0v) is 27.1. The molecule has 1 saturated heterocycles. The third kappa shape index (κ3) is 9.47. The summed E-state index contributed by atoms with van der Waals surface area (Å²) >= 11 is 0. The van der Waals surface area contributed by atoms with Gasteiger partial charge in [0, 0.05) is 43.1 Å². The fourth-order valence-electron chi connectivity index (χ4n) is 6.02. The molecule has 1 heterocycles. The van der Waals surface area contributed by atoms with Crippen LogP contribution in [0.5, 0.6) is 0 Å². The summed E-state index contributed by atoms with van der Waals surface area (Å²) in [7, 11) is 2.12. The molecular formula is C38H45N3O6. The van der Waals surface area contributed by atoms with E-state index in [1.54, 1.807) is 5.48 Å². The first-order valence-corrected chi connectivity index (χ1v) is 16.3. The summed E-state index contributed by atoms with van der Waals surface area (Å²) < 4.78 is 13.2. The highest BCUT2D eigenvalue weighted by Crippen LogP contribution is 2.39. The van der Waals surface area contributed by atoms with E-state index in [1.807, 2.05) is 48.5 Å². The Morgan fingerprint density at radius 2 is 1.60 bits per heavy atom. The molecule has 0 bridgehead atoms. The van der Waals surface area contributed by atoms with E-state index >= 15 is 0 Å². The van der Waals surface area contributed by atoms with Crippen molar-refractivity contribution in [3.63, 3.8) is 0 Å². The maximum atomic E-state index is 12.7. The number of rotatable bonds is 14. The molecule has 0 radical (unpaired) electrons. The number of carbonyl (C=O) groups is 2. The van der Waals surface area contributed by atoms with Gasteiger partial charge in [-0.15, -0.1) is 0 Å². The molecule has 4 aromatic rings. The van der Waals surface area contributed by atoms with Gasteiger partial charge in [-0.3, -0.25) is 19.7 Å². The average molecular weight is 640 g/mol. The lowest BCUT2D eigenvalue weighted by molar-refractivity contribution is -0.253. The van der Waals surface area contributed by atoms with Gasteiger partial charge in [-0.1, -0.05) is 79.2 Å². The van der Waals surface area contributed by atoms with Crippen LogP contribution in [-0.2, 0) is 25.7 Å². The number of nitrogens with zero attached hydrogens (tertiary/aromatic N) is 1. The van der Waals surface area contributed by atoms with Crippen LogP contribution < -0.4 is 10.8 Å². The van der Waals surface area contributed by atoms with Crippen molar-refractivity contribution < 1.29 is 29.4 Å². The number of hydrogen-bond acceptors (Lipinski definition) is 7. The molecule has 0 spiro atoms. The number of hydrogen-bond donors (Lipinski definition) is 4. The van der Waals surface area contributed by atoms with E-state index in [4.69, 9.17) is 14.7 Å². The van der Waals surface area contributed by atoms with Gasteiger partial charge in [-0.05, 0) is 72.5 Å². The van der Waals surface area contributed by atoms with E-state index in [0.717, 1.165) is 16.7 Å². The van der Waals surface area contributed by atoms with Crippen molar-refractivity contribution in [3.05, 3.63) is 113 Å². The zero-order valence-electron chi connectivity index (χ0n) is 27.1. The van der Waals surface area contributed by atoms with E-state index in [2.05, 4.69) is 66.7 Å². The van der Waals surface area contributed by atoms with Crippen molar-refractivity contribution in [1.29, 1.82) is 0 Å². The second kappa shape index (κ2) is 16.6. The van der Waals surface area contributed by atoms with Gasteiger partial charge in [0.15, 0.2) is 6.29 Å². The predicted octanol–water partition coefficient (Wildman–Crippen LogP) is 6.96. The van der Waals surface area contributed by atoms with Crippen LogP contribution in [0, 0.1) is 0 Å². The van der Waals surface area contributed by atoms with Crippen LogP contribution in [0.4, 0.5) is 5.69 Å². The standard InChI is InChI=1S/C38H45N3O6/c1-26(30-20-19-28-9-6-7-10-31(28)21-30)41(2)24-34-23-35(29-17-15-27(25-42)16-18-29)47-38(46-34)32-11-8-12-33(22-32)39-36(43)13-4-3-5-14-37(44)40-45/h6-12,15-22,26,34-35,38,42,45H,3-5,13-14,23-25H2,1-2H3,(H,39,43)(H,40,44). The minimum absolute atomic E-state index is 0.0169. The lowest BCUT2D eigenvalue weighted by Crippen LogP contribution is -2.38. The summed E-state index contributed by atoms with van der Waals surface area (Å²) in [5.74, 6) is -0.528. The SMILES string of the molecule is CC(c1ccc2ccccc2c1)N(C)CC1CC(c2ccc(CO)cc2)OC(c2cccc(NC(=O)CCCCCC(=O)NO)c2)O1. The van der Waals surface area contributed by atoms with Crippen LogP contribution in [0.1, 0.15) is 86.1 Å². The monoisotopic (exact) mass is 639 g/mol. The highest BCUT2D eigenvalue weighted by atomic mass is 16.7. The largest absolute Gasteiger partial charge is 0.392 e. The van der Waals surface area contributed by atoms with Gasteiger partial charge in [-0.2, -0.15) is 0 Å². The number of nitrogens with one attached hydrogen (secondary N) is 2. The van der Waals surface area contributed by atoms with Crippen molar-refractivity contribution in [2.75, 3.05) is 18.9 Å². The molecule has 1 aliphatic heterocycles. The number of hydroxylamine groups is 1. The third-order valence-electron chi connectivity index (χ3n) is 8.90. The van der Waals surface area contributed by atoms with Crippen LogP contribution in [0.2, 0.25) is 0 Å². The first-order valence-electron chi connectivity index (χ1n) is 16.3. The number of fused-ring (bicyclic) bond motifs is 1. The zero-order chi connectivity index (χ0) is 33.2. The molecule has 4 N–H and O–H groups in total. The molecule has 9 nitrogen and oxygen atoms in total. The highest BCUT2D eigenvalue weighted by Gasteiger charge is 2.33. The summed E-state index contributed by atoms with van der Waals surface area (Å²) in [5.41, 5.74) is 6.20. The van der Waals surface area contributed by atoms with E-state index < -0.39 is 12.2 Å². The fourth-order valence-corrected chi connectivity index (χ4v) is 6.02. The molecule has 47 heavy (non-hydrogen) atoms. The van der Waals surface area contributed by atoms with Crippen molar-refractivity contribution in [2.45, 2.75) is 76.6 Å². The minimum Gasteiger partial charge on any atom is -0.392 e. The molecule has 4 aromatic carbocycles. The van der Waals surface area contributed by atoms with Gasteiger partial charge in [-0.25, -0.2) is 5.48 Å². The molecule has 2 amide bonds. The lowest BCUT2D eigenvalue weighted by Gasteiger charge is -2.39. The maximum absolute atomic E-state index is 12.7. The Kier molecular flexibility index (Phi) is 12.1. The van der Waals surface area contributed by atoms with Crippen LogP contribution in [-0.4, -0.2) is 46.7 Å². The topological polar surface area (TPSA) is 120 Å². The second-order valence-corrected chi connectivity index (χ2v) is 12.3. The van der Waals surface area contributed by atoms with Gasteiger partial charge >= 0.3 is 0 Å². The first-order chi connectivity index (χ1) is 22.8. The van der Waals surface area contributed by atoms with Crippen LogP contribution >= 0.6 is 0 Å². The smallest absolute Gasteiger partial charge is 0.243 e. The molecule has 4 atom stereocenters. The number of anilines is 1. The number of likely N-dealkylation sites (N-methyl/N-ethyl adjacent to an activating group) is 1. The number of benzene rings is 4. The van der Waals surface area contributed by atoms with Gasteiger partial charge in [0.25, 0.3) is 0 Å². The minimum atomic E-state index is -0.643. The molecule has 4 unspecified atom stereocenters. The summed E-state index contributed by atoms with van der Waals surface area (Å²) in [6.07, 6.45) is 2.19. The third-order valence-corrected chi connectivity index (χ3v) is 8.90. The normalized spacial score (nSPS) is 18.6. The summed E-state index contributed by atoms with van der Waals surface area (Å²) in [4.78, 5) is 26.1. The summed E-state index contributed by atoms with van der Waals surface area (Å²) in [6, 6.07) is 30.6. The Hall–Kier alpha value is -4.12. The number of unbranched alkanes of at least 4 members (excludes halogenated alkanes) is 2. The van der Waals surface area contributed by atoms with Crippen LogP contribution in [0.15, 0.2) is 91.0 Å². The fraction of sp³-hybridized carbons (Fsp3) is 0.368. The number of carbonyl (C=O) groups excluding carboxylic acids is 2. The van der Waals surface area contributed by atoms with Crippen molar-refractivity contribution in [3.8, 4) is 0 Å². The second-order valence-electron chi connectivity index (χ2n) is 12.3. The van der Waals surface area contributed by atoms with Crippen LogP contribution in [0.25, 0.3) is 10.8 Å². The Morgan fingerprint density at radius 1 is 0.851 bits per heavy atom. The van der Waals surface area contributed by atoms with E-state index in [9.17, 15) is 14.7 Å². The molecular weight excluding hydrogens is 594 g/mol. The molecule has 248 valence electrons. The number of aliphatic hydroxyl groups excluding tert-OH is 1. The van der Waals surface area contributed by atoms with Gasteiger partial charge in [0.2, 0.25) is 11.8 Å². The van der Waals surface area contributed by atoms with E-state index in [-0.39, 0.29) is 37.2 Å². The van der Waals surface area contributed by atoms with Crippen molar-refractivity contribution in [2.24, 2.45) is 0 Å². The van der Waals surface area contributed by atoms with Crippen LogP contribution in [0.3, 0.4) is 0 Å². The summed E-state index contributed by atoms with van der Waals surface area (Å²) in [5, 5.41) is 23.6. The highest BCUT2D eigenvalue weighted by molar-refractivity contribution is 5.90. The molecule has 9 heteroatoms. The van der Waals surface area contributed by atoms with Gasteiger partial charge < -0.3 is 19.9 Å². The van der Waals surface area contributed by atoms with Crippen molar-refractivity contribution >= 4 is 28.3 Å². The molecule has 0 aliphatic carbocycles. The lowest BCUT2D eigenvalue weighted by atomic mass is 9.98. The van der Waals surface area contributed by atoms with Crippen molar-refractivity contribution in [1.82, 2.24) is 10.4 Å². The quantitative estimate of drug-likeness (QED) is 0.0669. The molecule has 0 saturated carbocycles. The average Bonchev–Trinajstić information content (AvgIpc) is 3.10. The van der Waals surface area contributed by atoms with Gasteiger partial charge in [0.05, 0.1) is 18.8 Å².